The molecule has 7 nitrogen and oxygen atoms in total. The van der Waals surface area contributed by atoms with Gasteiger partial charge in [0.25, 0.3) is 5.91 Å². The summed E-state index contributed by atoms with van der Waals surface area (Å²) in [6, 6.07) is 14.2. The van der Waals surface area contributed by atoms with Crippen molar-refractivity contribution < 1.29 is 18.9 Å². The molecule has 1 aromatic heterocycles. The van der Waals surface area contributed by atoms with Gasteiger partial charge in [-0.1, -0.05) is 13.3 Å². The van der Waals surface area contributed by atoms with E-state index < -0.39 is 0 Å². The molecule has 0 aliphatic rings. The van der Waals surface area contributed by atoms with Crippen molar-refractivity contribution in [2.24, 2.45) is 0 Å². The number of aromatic nitrogens is 2. The van der Waals surface area contributed by atoms with Gasteiger partial charge in [0.15, 0.2) is 5.69 Å². The third-order valence-electron chi connectivity index (χ3n) is 3.97. The minimum Gasteiger partial charge on any atom is -0.497 e. The highest BCUT2D eigenvalue weighted by Gasteiger charge is 2.16. The van der Waals surface area contributed by atoms with Crippen LogP contribution in [0.2, 0.25) is 0 Å². The zero-order valence-corrected chi connectivity index (χ0v) is 15.3. The summed E-state index contributed by atoms with van der Waals surface area (Å²) in [5.41, 5.74) is 1.69. The SMILES string of the molecule is CCCCOc1ccc(C(=O)Nc2nonc2-c2ccc(OC)cc2)cc1. The lowest BCUT2D eigenvalue weighted by Crippen LogP contribution is -2.12. The third-order valence-corrected chi connectivity index (χ3v) is 3.97. The topological polar surface area (TPSA) is 86.5 Å². The highest BCUT2D eigenvalue weighted by atomic mass is 16.6. The molecule has 1 N–H and O–H groups in total. The number of methoxy groups -OCH3 is 1. The Morgan fingerprint density at radius 1 is 1.04 bits per heavy atom. The van der Waals surface area contributed by atoms with Crippen molar-refractivity contribution in [3.05, 3.63) is 54.1 Å². The molecule has 27 heavy (non-hydrogen) atoms. The van der Waals surface area contributed by atoms with Gasteiger partial charge in [-0.2, -0.15) is 0 Å². The van der Waals surface area contributed by atoms with Crippen molar-refractivity contribution >= 4 is 11.7 Å². The number of carbonyl (C=O) groups excluding carboxylic acids is 1. The van der Waals surface area contributed by atoms with E-state index in [4.69, 9.17) is 14.1 Å². The summed E-state index contributed by atoms with van der Waals surface area (Å²) in [6.07, 6.45) is 2.07. The highest BCUT2D eigenvalue weighted by Crippen LogP contribution is 2.26. The summed E-state index contributed by atoms with van der Waals surface area (Å²) in [6.45, 7) is 2.77. The maximum Gasteiger partial charge on any atom is 0.256 e. The van der Waals surface area contributed by atoms with E-state index in [0.717, 1.165) is 29.9 Å². The Balaban J connectivity index is 1.68. The summed E-state index contributed by atoms with van der Waals surface area (Å²) in [5, 5.41) is 10.4. The Morgan fingerprint density at radius 3 is 2.41 bits per heavy atom. The van der Waals surface area contributed by atoms with E-state index in [1.165, 1.54) is 0 Å². The van der Waals surface area contributed by atoms with Gasteiger partial charge in [-0.3, -0.25) is 4.79 Å². The van der Waals surface area contributed by atoms with Crippen molar-refractivity contribution in [2.75, 3.05) is 19.0 Å². The van der Waals surface area contributed by atoms with Crippen LogP contribution in [0.1, 0.15) is 30.1 Å². The van der Waals surface area contributed by atoms with Gasteiger partial charge in [-0.25, -0.2) is 4.63 Å². The molecule has 2 aromatic carbocycles. The number of nitrogens with one attached hydrogen (secondary N) is 1. The van der Waals surface area contributed by atoms with Gasteiger partial charge < -0.3 is 14.8 Å². The molecule has 0 atom stereocenters. The molecule has 0 saturated heterocycles. The molecule has 0 spiro atoms. The molecule has 0 fully saturated rings. The molecule has 140 valence electrons. The predicted molar refractivity (Wildman–Crippen MR) is 101 cm³/mol. The highest BCUT2D eigenvalue weighted by molar-refractivity contribution is 6.05. The van der Waals surface area contributed by atoms with E-state index in [2.05, 4.69) is 22.6 Å². The molecule has 0 saturated carbocycles. The smallest absolute Gasteiger partial charge is 0.256 e. The van der Waals surface area contributed by atoms with Gasteiger partial charge in [0.2, 0.25) is 5.82 Å². The summed E-state index contributed by atoms with van der Waals surface area (Å²) in [4.78, 5) is 12.5. The standard InChI is InChI=1S/C20H21N3O4/c1-3-4-13-26-17-11-7-15(8-12-17)20(24)21-19-18(22-27-23-19)14-5-9-16(25-2)10-6-14/h5-12H,3-4,13H2,1-2H3,(H,21,23,24). The number of anilines is 1. The maximum absolute atomic E-state index is 12.5. The van der Waals surface area contributed by atoms with E-state index in [0.29, 0.717) is 17.9 Å². The van der Waals surface area contributed by atoms with Gasteiger partial charge in [0.05, 0.1) is 13.7 Å². The molecule has 1 amide bonds. The van der Waals surface area contributed by atoms with Crippen LogP contribution in [0.3, 0.4) is 0 Å². The average molecular weight is 367 g/mol. The molecule has 3 rings (SSSR count). The number of amides is 1. The molecule has 0 radical (unpaired) electrons. The van der Waals surface area contributed by atoms with Gasteiger partial charge >= 0.3 is 0 Å². The van der Waals surface area contributed by atoms with Crippen LogP contribution in [-0.4, -0.2) is 29.9 Å². The third kappa shape index (κ3) is 4.63. The van der Waals surface area contributed by atoms with Crippen LogP contribution in [-0.2, 0) is 0 Å². The first-order valence-corrected chi connectivity index (χ1v) is 8.72. The minimum absolute atomic E-state index is 0.258. The number of ether oxygens (including phenoxy) is 2. The number of benzene rings is 2. The van der Waals surface area contributed by atoms with E-state index in [1.54, 1.807) is 43.5 Å². The van der Waals surface area contributed by atoms with Crippen LogP contribution in [0.4, 0.5) is 5.82 Å². The second kappa shape index (κ2) is 8.84. The van der Waals surface area contributed by atoms with Gasteiger partial charge in [0, 0.05) is 11.1 Å². The molecule has 7 heteroatoms. The van der Waals surface area contributed by atoms with Crippen molar-refractivity contribution in [2.45, 2.75) is 19.8 Å². The Kier molecular flexibility index (Phi) is 6.04. The number of nitrogens with zero attached hydrogens (tertiary/aromatic N) is 2. The molecule has 3 aromatic rings. The van der Waals surface area contributed by atoms with Crippen LogP contribution in [0.5, 0.6) is 11.5 Å². The maximum atomic E-state index is 12.5. The number of unbranched alkanes of at least 4 members (excludes halogenated alkanes) is 1. The van der Waals surface area contributed by atoms with E-state index in [1.807, 2.05) is 12.1 Å². The lowest BCUT2D eigenvalue weighted by molar-refractivity contribution is 0.102. The summed E-state index contributed by atoms with van der Waals surface area (Å²) in [7, 11) is 1.60. The Labute approximate surface area is 157 Å². The lowest BCUT2D eigenvalue weighted by Gasteiger charge is -2.07. The number of rotatable bonds is 8. The Hall–Kier alpha value is -3.35. The average Bonchev–Trinajstić information content (AvgIpc) is 3.17. The van der Waals surface area contributed by atoms with Gasteiger partial charge in [-0.05, 0) is 65.3 Å². The molecular formula is C20H21N3O4. The monoisotopic (exact) mass is 367 g/mol. The fraction of sp³-hybridized carbons (Fsp3) is 0.250. The number of hydrogen-bond donors (Lipinski definition) is 1. The van der Waals surface area contributed by atoms with Crippen molar-refractivity contribution in [3.63, 3.8) is 0 Å². The zero-order chi connectivity index (χ0) is 19.1. The predicted octanol–water partition coefficient (Wildman–Crippen LogP) is 4.18. The van der Waals surface area contributed by atoms with Gasteiger partial charge in [0.1, 0.15) is 11.5 Å². The van der Waals surface area contributed by atoms with Crippen LogP contribution in [0.25, 0.3) is 11.3 Å². The molecule has 0 unspecified atom stereocenters. The van der Waals surface area contributed by atoms with Crippen LogP contribution in [0.15, 0.2) is 53.2 Å². The Morgan fingerprint density at radius 2 is 1.74 bits per heavy atom. The van der Waals surface area contributed by atoms with Crippen LogP contribution in [0, 0.1) is 0 Å². The summed E-state index contributed by atoms with van der Waals surface area (Å²) in [5.74, 6) is 1.41. The molecule has 1 heterocycles. The zero-order valence-electron chi connectivity index (χ0n) is 15.3. The fourth-order valence-electron chi connectivity index (χ4n) is 2.43. The second-order valence-corrected chi connectivity index (χ2v) is 5.87. The number of hydrogen-bond acceptors (Lipinski definition) is 6. The van der Waals surface area contributed by atoms with Gasteiger partial charge in [-0.15, -0.1) is 0 Å². The van der Waals surface area contributed by atoms with Crippen molar-refractivity contribution in [3.8, 4) is 22.8 Å². The molecule has 0 aliphatic carbocycles. The Bertz CT molecular complexity index is 873. The van der Waals surface area contributed by atoms with Crippen molar-refractivity contribution in [1.29, 1.82) is 0 Å². The van der Waals surface area contributed by atoms with Crippen LogP contribution >= 0.6 is 0 Å². The van der Waals surface area contributed by atoms with Crippen molar-refractivity contribution in [1.82, 2.24) is 10.3 Å². The number of carbonyl (C=O) groups is 1. The minimum atomic E-state index is -0.305. The fourth-order valence-corrected chi connectivity index (χ4v) is 2.43. The van der Waals surface area contributed by atoms with E-state index in [9.17, 15) is 4.79 Å². The normalized spacial score (nSPS) is 10.4. The lowest BCUT2D eigenvalue weighted by atomic mass is 10.1. The molecule has 0 bridgehead atoms. The molecular weight excluding hydrogens is 346 g/mol. The van der Waals surface area contributed by atoms with Crippen LogP contribution < -0.4 is 14.8 Å². The summed E-state index contributed by atoms with van der Waals surface area (Å²) < 4.78 is 15.5. The first-order chi connectivity index (χ1) is 13.2. The van der Waals surface area contributed by atoms with E-state index in [-0.39, 0.29) is 11.7 Å². The quantitative estimate of drug-likeness (QED) is 0.601. The first kappa shape index (κ1) is 18.4. The second-order valence-electron chi connectivity index (χ2n) is 5.87. The largest absolute Gasteiger partial charge is 0.497 e. The summed E-state index contributed by atoms with van der Waals surface area (Å²) >= 11 is 0. The first-order valence-electron chi connectivity index (χ1n) is 8.72. The van der Waals surface area contributed by atoms with E-state index >= 15 is 0 Å². The molecule has 0 aliphatic heterocycles.